The fourth-order valence-corrected chi connectivity index (χ4v) is 10.2. The van der Waals surface area contributed by atoms with Gasteiger partial charge >= 0.3 is 11.9 Å². The minimum Gasteiger partial charge on any atom is -0.481 e. The van der Waals surface area contributed by atoms with Crippen LogP contribution in [-0.4, -0.2) is 35.5 Å². The van der Waals surface area contributed by atoms with Crippen LogP contribution in [0.3, 0.4) is 0 Å². The quantitative estimate of drug-likeness (QED) is 0.276. The van der Waals surface area contributed by atoms with Crippen molar-refractivity contribution in [2.75, 3.05) is 7.11 Å². The fraction of sp³-hybridized carbons (Fsp3) is 0.103. The Morgan fingerprint density at radius 1 is 0.571 bits per heavy atom. The second kappa shape index (κ2) is 11.9. The van der Waals surface area contributed by atoms with Crippen molar-refractivity contribution in [1.82, 2.24) is 0 Å². The van der Waals surface area contributed by atoms with Gasteiger partial charge in [-0.3, -0.25) is 9.59 Å². The Hall–Kier alpha value is -3.32. The molecule has 1 N–H and O–H groups in total. The number of esters is 1. The van der Waals surface area contributed by atoms with Gasteiger partial charge in [0.1, 0.15) is 11.3 Å². The fourth-order valence-electron chi connectivity index (χ4n) is 4.18. The number of carboxylic acids is 1. The third kappa shape index (κ3) is 5.68. The third-order valence-electron chi connectivity index (χ3n) is 5.69. The van der Waals surface area contributed by atoms with E-state index in [2.05, 4.69) is 0 Å². The molecule has 0 saturated heterocycles. The molecule has 0 bridgehead atoms. The number of carboxylic acid groups (broad SMARTS) is 1. The van der Waals surface area contributed by atoms with Gasteiger partial charge in [-0.15, -0.1) is 0 Å². The molecule has 0 radical (unpaired) electrons. The zero-order valence-electron chi connectivity index (χ0n) is 19.3. The average Bonchev–Trinajstić information content (AvgIpc) is 2.92. The molecule has 4 aromatic carbocycles. The Balaban J connectivity index is 1.97. The molecule has 0 aliphatic rings. The van der Waals surface area contributed by atoms with Crippen molar-refractivity contribution < 1.29 is 19.4 Å². The summed E-state index contributed by atoms with van der Waals surface area (Å²) in [5.41, 5.74) is -1.88. The molecule has 176 valence electrons. The van der Waals surface area contributed by atoms with Crippen LogP contribution in [0.1, 0.15) is 0 Å². The van der Waals surface area contributed by atoms with Gasteiger partial charge < -0.3 is 9.84 Å². The zero-order chi connectivity index (χ0) is 24.6. The molecule has 2 atom stereocenters. The number of benzene rings is 4. The van der Waals surface area contributed by atoms with Crippen LogP contribution in [0, 0.1) is 0 Å². The zero-order valence-corrected chi connectivity index (χ0v) is 21.1. The van der Waals surface area contributed by atoms with Gasteiger partial charge in [-0.25, -0.2) is 0 Å². The lowest BCUT2D eigenvalue weighted by Crippen LogP contribution is -2.45. The number of rotatable bonds is 9. The van der Waals surface area contributed by atoms with E-state index in [1.54, 1.807) is 0 Å². The van der Waals surface area contributed by atoms with Crippen LogP contribution in [0.5, 0.6) is 0 Å². The maximum absolute atomic E-state index is 13.6. The van der Waals surface area contributed by atoms with E-state index < -0.39 is 39.1 Å². The molecular formula is C29H26O4P2. The van der Waals surface area contributed by atoms with Gasteiger partial charge in [0.05, 0.1) is 7.11 Å². The van der Waals surface area contributed by atoms with Gasteiger partial charge in [-0.1, -0.05) is 121 Å². The van der Waals surface area contributed by atoms with E-state index >= 15 is 0 Å². The number of methoxy groups -OCH3 is 1. The summed E-state index contributed by atoms with van der Waals surface area (Å²) in [6, 6.07) is 38.7. The Morgan fingerprint density at radius 2 is 0.857 bits per heavy atom. The summed E-state index contributed by atoms with van der Waals surface area (Å²) < 4.78 is 5.31. The number of aliphatic carboxylic acids is 1. The molecule has 0 aromatic heterocycles. The number of carbonyl (C=O) groups is 2. The van der Waals surface area contributed by atoms with E-state index in [1.165, 1.54) is 7.11 Å². The maximum Gasteiger partial charge on any atom is 0.314 e. The molecule has 0 spiro atoms. The standard InChI is InChI=1S/C29H26O4P2/c1-33-29(32)27(35(24-18-10-4-11-19-24)25-20-12-5-13-21-25)26(28(30)31)34(22-14-6-2-7-15-22)23-16-8-3-9-17-23/h2-21,26-27H,1H3,(H,30,31). The van der Waals surface area contributed by atoms with Crippen LogP contribution < -0.4 is 21.2 Å². The summed E-state index contributed by atoms with van der Waals surface area (Å²) in [4.78, 5) is 26.7. The average molecular weight is 500 g/mol. The molecule has 4 aromatic rings. The van der Waals surface area contributed by atoms with Crippen molar-refractivity contribution in [3.05, 3.63) is 121 Å². The topological polar surface area (TPSA) is 63.6 Å². The number of ether oxygens (including phenoxy) is 1. The predicted octanol–water partition coefficient (Wildman–Crippen LogP) is 4.25. The van der Waals surface area contributed by atoms with Crippen LogP contribution in [0.4, 0.5) is 0 Å². The van der Waals surface area contributed by atoms with Crippen LogP contribution in [0.25, 0.3) is 0 Å². The highest BCUT2D eigenvalue weighted by Crippen LogP contribution is 2.52. The minimum absolute atomic E-state index is 0.504. The van der Waals surface area contributed by atoms with E-state index in [1.807, 2.05) is 121 Å². The molecule has 6 heteroatoms. The van der Waals surface area contributed by atoms with Crippen molar-refractivity contribution in [1.29, 1.82) is 0 Å². The summed E-state index contributed by atoms with van der Waals surface area (Å²) >= 11 is 0. The van der Waals surface area contributed by atoms with E-state index in [-0.39, 0.29) is 0 Å². The number of hydrogen-bond donors (Lipinski definition) is 1. The SMILES string of the molecule is COC(=O)C(C(C(=O)O)P(c1ccccc1)c1ccccc1)P(c1ccccc1)c1ccccc1. The van der Waals surface area contributed by atoms with E-state index in [9.17, 15) is 14.7 Å². The molecule has 0 heterocycles. The Morgan fingerprint density at radius 3 is 1.11 bits per heavy atom. The molecule has 0 amide bonds. The van der Waals surface area contributed by atoms with Crippen molar-refractivity contribution in [2.24, 2.45) is 0 Å². The van der Waals surface area contributed by atoms with Crippen molar-refractivity contribution >= 4 is 49.0 Å². The van der Waals surface area contributed by atoms with Crippen LogP contribution >= 0.6 is 15.8 Å². The Bertz CT molecular complexity index is 1160. The summed E-state index contributed by atoms with van der Waals surface area (Å²) in [5, 5.41) is 14.4. The van der Waals surface area contributed by atoms with Gasteiger partial charge in [0.15, 0.2) is 0 Å². The van der Waals surface area contributed by atoms with Crippen LogP contribution in [-0.2, 0) is 14.3 Å². The smallest absolute Gasteiger partial charge is 0.314 e. The second-order valence-electron chi connectivity index (χ2n) is 7.83. The summed E-state index contributed by atoms with van der Waals surface area (Å²) in [6.45, 7) is 0. The first kappa shape index (κ1) is 24.8. The molecule has 35 heavy (non-hydrogen) atoms. The first-order valence-corrected chi connectivity index (χ1v) is 14.0. The first-order chi connectivity index (χ1) is 17.1. The van der Waals surface area contributed by atoms with Gasteiger partial charge in [0.2, 0.25) is 0 Å². The predicted molar refractivity (Wildman–Crippen MR) is 145 cm³/mol. The van der Waals surface area contributed by atoms with E-state index in [4.69, 9.17) is 4.74 Å². The molecule has 0 aliphatic carbocycles. The summed E-state index contributed by atoms with van der Waals surface area (Å²) in [5.74, 6) is -1.51. The lowest BCUT2D eigenvalue weighted by Gasteiger charge is -2.35. The molecule has 0 aliphatic heterocycles. The molecule has 4 rings (SSSR count). The molecule has 0 saturated carbocycles. The van der Waals surface area contributed by atoms with E-state index in [0.29, 0.717) is 0 Å². The molecule has 4 nitrogen and oxygen atoms in total. The van der Waals surface area contributed by atoms with Crippen molar-refractivity contribution in [2.45, 2.75) is 11.3 Å². The Labute approximate surface area is 208 Å². The van der Waals surface area contributed by atoms with Gasteiger partial charge in [0.25, 0.3) is 0 Å². The third-order valence-corrected chi connectivity index (χ3v) is 11.5. The second-order valence-corrected chi connectivity index (χ2v) is 12.5. The minimum atomic E-state index is -1.43. The van der Waals surface area contributed by atoms with Crippen LogP contribution in [0.2, 0.25) is 0 Å². The summed E-state index contributed by atoms with van der Waals surface area (Å²) in [6.07, 6.45) is 0. The lowest BCUT2D eigenvalue weighted by molar-refractivity contribution is -0.144. The lowest BCUT2D eigenvalue weighted by atomic mass is 10.3. The summed E-state index contributed by atoms with van der Waals surface area (Å²) in [7, 11) is -1.47. The largest absolute Gasteiger partial charge is 0.481 e. The van der Waals surface area contributed by atoms with Gasteiger partial charge in [-0.2, -0.15) is 0 Å². The van der Waals surface area contributed by atoms with Crippen molar-refractivity contribution in [3.63, 3.8) is 0 Å². The number of carbonyl (C=O) groups excluding carboxylic acids is 1. The van der Waals surface area contributed by atoms with Gasteiger partial charge in [-0.05, 0) is 37.1 Å². The van der Waals surface area contributed by atoms with Gasteiger partial charge in [0, 0.05) is 0 Å². The highest BCUT2D eigenvalue weighted by Gasteiger charge is 2.46. The van der Waals surface area contributed by atoms with Crippen molar-refractivity contribution in [3.8, 4) is 0 Å². The maximum atomic E-state index is 13.6. The highest BCUT2D eigenvalue weighted by atomic mass is 31.1. The molecular weight excluding hydrogens is 474 g/mol. The van der Waals surface area contributed by atoms with E-state index in [0.717, 1.165) is 21.2 Å². The first-order valence-electron chi connectivity index (χ1n) is 11.2. The number of hydrogen-bond acceptors (Lipinski definition) is 3. The molecule has 0 fully saturated rings. The van der Waals surface area contributed by atoms with Crippen LogP contribution in [0.15, 0.2) is 121 Å². The highest BCUT2D eigenvalue weighted by molar-refractivity contribution is 7.78. The molecule has 2 unspecified atom stereocenters. The monoisotopic (exact) mass is 500 g/mol. The Kier molecular flexibility index (Phi) is 8.42. The normalized spacial score (nSPS) is 12.8.